The van der Waals surface area contributed by atoms with Gasteiger partial charge in [-0.1, -0.05) is 0 Å². The molecule has 0 aliphatic carbocycles. The summed E-state index contributed by atoms with van der Waals surface area (Å²) in [7, 11) is 0. The molecular formula is C10H9N3O3. The van der Waals surface area contributed by atoms with Crippen LogP contribution in [0.15, 0.2) is 29.6 Å². The molecule has 0 aliphatic rings. The highest BCUT2D eigenvalue weighted by Crippen LogP contribution is 2.03. The number of aromatic nitrogens is 3. The Bertz CT molecular complexity index is 591. The van der Waals surface area contributed by atoms with Crippen molar-refractivity contribution in [3.8, 4) is 0 Å². The average molecular weight is 219 g/mol. The molecule has 0 atom stereocenters. The average Bonchev–Trinajstić information content (AvgIpc) is 2.28. The van der Waals surface area contributed by atoms with Crippen LogP contribution in [0.4, 0.5) is 0 Å². The number of nitrogens with zero attached hydrogens (tertiary/aromatic N) is 3. The molecule has 0 spiro atoms. The first-order valence-electron chi connectivity index (χ1n) is 4.69. The summed E-state index contributed by atoms with van der Waals surface area (Å²) in [6.45, 7) is 0.152. The van der Waals surface area contributed by atoms with Gasteiger partial charge in [-0.2, -0.15) is 0 Å². The van der Waals surface area contributed by atoms with Crippen LogP contribution in [0, 0.1) is 0 Å². The summed E-state index contributed by atoms with van der Waals surface area (Å²) in [6, 6.07) is 1.67. The maximum Gasteiger partial charge on any atom is 0.305 e. The number of aryl methyl sites for hydroxylation is 1. The molecule has 6 nitrogen and oxygen atoms in total. The Morgan fingerprint density at radius 1 is 1.50 bits per heavy atom. The molecule has 0 radical (unpaired) electrons. The summed E-state index contributed by atoms with van der Waals surface area (Å²) in [4.78, 5) is 29.9. The molecule has 0 bridgehead atoms. The Kier molecular flexibility index (Phi) is 2.63. The number of hydrogen-bond donors (Lipinski definition) is 1. The van der Waals surface area contributed by atoms with Gasteiger partial charge >= 0.3 is 5.97 Å². The van der Waals surface area contributed by atoms with Crippen molar-refractivity contribution < 1.29 is 9.90 Å². The summed E-state index contributed by atoms with van der Waals surface area (Å²) in [5.41, 5.74) is 0.297. The van der Waals surface area contributed by atoms with Crippen molar-refractivity contribution in [2.75, 3.05) is 0 Å². The molecule has 0 unspecified atom stereocenters. The quantitative estimate of drug-likeness (QED) is 0.800. The van der Waals surface area contributed by atoms with Crippen LogP contribution in [0.2, 0.25) is 0 Å². The zero-order valence-corrected chi connectivity index (χ0v) is 8.33. The Morgan fingerprint density at radius 2 is 2.31 bits per heavy atom. The van der Waals surface area contributed by atoms with Crippen molar-refractivity contribution in [3.63, 3.8) is 0 Å². The number of carboxylic acids is 1. The van der Waals surface area contributed by atoms with E-state index in [2.05, 4.69) is 9.97 Å². The topological polar surface area (TPSA) is 85.1 Å². The number of aliphatic carboxylic acids is 1. The predicted octanol–water partition coefficient (Wildman–Crippen LogP) is 0.266. The second-order valence-electron chi connectivity index (χ2n) is 3.28. The number of rotatable bonds is 3. The summed E-state index contributed by atoms with van der Waals surface area (Å²) in [5, 5.41) is 8.94. The van der Waals surface area contributed by atoms with Crippen molar-refractivity contribution in [2.45, 2.75) is 13.0 Å². The van der Waals surface area contributed by atoms with Gasteiger partial charge in [0.25, 0.3) is 5.56 Å². The normalized spacial score (nSPS) is 10.5. The molecule has 0 saturated heterocycles. The summed E-state index contributed by atoms with van der Waals surface area (Å²) in [5.74, 6) is -0.934. The van der Waals surface area contributed by atoms with E-state index in [4.69, 9.17) is 5.11 Å². The minimum absolute atomic E-state index is 0.0842. The number of pyridine rings is 1. The monoisotopic (exact) mass is 219 g/mol. The summed E-state index contributed by atoms with van der Waals surface area (Å²) >= 11 is 0. The van der Waals surface area contributed by atoms with Crippen molar-refractivity contribution in [2.24, 2.45) is 0 Å². The number of hydrogen-bond acceptors (Lipinski definition) is 4. The van der Waals surface area contributed by atoms with E-state index in [0.717, 1.165) is 0 Å². The van der Waals surface area contributed by atoms with Crippen LogP contribution in [0.1, 0.15) is 6.42 Å². The lowest BCUT2D eigenvalue weighted by Crippen LogP contribution is -2.21. The smallest absolute Gasteiger partial charge is 0.305 e. The molecule has 0 fully saturated rings. The van der Waals surface area contributed by atoms with E-state index >= 15 is 0 Å². The van der Waals surface area contributed by atoms with Gasteiger partial charge in [-0.15, -0.1) is 0 Å². The van der Waals surface area contributed by atoms with Crippen LogP contribution >= 0.6 is 0 Å². The van der Waals surface area contributed by atoms with E-state index in [0.29, 0.717) is 10.9 Å². The van der Waals surface area contributed by atoms with Gasteiger partial charge in [0.05, 0.1) is 17.3 Å². The molecular weight excluding hydrogens is 210 g/mol. The second kappa shape index (κ2) is 4.09. The van der Waals surface area contributed by atoms with Gasteiger partial charge in [-0.25, -0.2) is 9.97 Å². The highest BCUT2D eigenvalue weighted by atomic mass is 16.4. The molecule has 2 heterocycles. The van der Waals surface area contributed by atoms with Crippen LogP contribution < -0.4 is 5.56 Å². The molecule has 82 valence electrons. The van der Waals surface area contributed by atoms with Crippen LogP contribution in [0.3, 0.4) is 0 Å². The van der Waals surface area contributed by atoms with Crippen LogP contribution in [-0.2, 0) is 11.3 Å². The maximum atomic E-state index is 11.8. The van der Waals surface area contributed by atoms with Gasteiger partial charge < -0.3 is 9.67 Å². The van der Waals surface area contributed by atoms with E-state index in [1.165, 1.54) is 17.1 Å². The van der Waals surface area contributed by atoms with Crippen LogP contribution in [-0.4, -0.2) is 25.6 Å². The fraction of sp³-hybridized carbons (Fsp3) is 0.200. The predicted molar refractivity (Wildman–Crippen MR) is 56.1 cm³/mol. The first kappa shape index (κ1) is 10.3. The molecule has 6 heteroatoms. The first-order valence-corrected chi connectivity index (χ1v) is 4.69. The van der Waals surface area contributed by atoms with Crippen LogP contribution in [0.25, 0.3) is 10.9 Å². The van der Waals surface area contributed by atoms with Gasteiger partial charge in [0.1, 0.15) is 6.33 Å². The lowest BCUT2D eigenvalue weighted by molar-refractivity contribution is -0.137. The third-order valence-corrected chi connectivity index (χ3v) is 2.21. The number of carbonyl (C=O) groups is 1. The van der Waals surface area contributed by atoms with E-state index < -0.39 is 5.97 Å². The number of fused-ring (bicyclic) bond motifs is 1. The van der Waals surface area contributed by atoms with Gasteiger partial charge in [-0.05, 0) is 6.07 Å². The fourth-order valence-electron chi connectivity index (χ4n) is 1.41. The molecule has 2 aromatic heterocycles. The zero-order chi connectivity index (χ0) is 11.5. The lowest BCUT2D eigenvalue weighted by atomic mass is 10.3. The largest absolute Gasteiger partial charge is 0.481 e. The first-order chi connectivity index (χ1) is 7.68. The maximum absolute atomic E-state index is 11.8. The minimum Gasteiger partial charge on any atom is -0.481 e. The highest BCUT2D eigenvalue weighted by Gasteiger charge is 2.04. The highest BCUT2D eigenvalue weighted by molar-refractivity contribution is 5.75. The molecule has 16 heavy (non-hydrogen) atoms. The molecule has 0 saturated carbocycles. The second-order valence-corrected chi connectivity index (χ2v) is 3.28. The minimum atomic E-state index is -0.934. The Labute approximate surface area is 90.2 Å². The Morgan fingerprint density at radius 3 is 3.06 bits per heavy atom. The molecule has 1 N–H and O–H groups in total. The SMILES string of the molecule is O=C(O)CCn1ccc2ncncc2c1=O. The molecule has 0 aromatic carbocycles. The Hall–Kier alpha value is -2.24. The zero-order valence-electron chi connectivity index (χ0n) is 8.33. The van der Waals surface area contributed by atoms with Gasteiger partial charge in [-0.3, -0.25) is 9.59 Å². The van der Waals surface area contributed by atoms with Gasteiger partial charge in [0.15, 0.2) is 0 Å². The molecule has 2 rings (SSSR count). The lowest BCUT2D eigenvalue weighted by Gasteiger charge is -2.04. The van der Waals surface area contributed by atoms with Gasteiger partial charge in [0.2, 0.25) is 0 Å². The van der Waals surface area contributed by atoms with Crippen molar-refractivity contribution in [1.29, 1.82) is 0 Å². The fourth-order valence-corrected chi connectivity index (χ4v) is 1.41. The molecule has 0 aliphatic heterocycles. The van der Waals surface area contributed by atoms with Crippen molar-refractivity contribution in [1.82, 2.24) is 14.5 Å². The van der Waals surface area contributed by atoms with E-state index in [1.807, 2.05) is 0 Å². The summed E-state index contributed by atoms with van der Waals surface area (Å²) < 4.78 is 1.35. The summed E-state index contributed by atoms with van der Waals surface area (Å²) in [6.07, 6.45) is 4.25. The number of carboxylic acid groups (broad SMARTS) is 1. The van der Waals surface area contributed by atoms with Gasteiger partial charge in [0, 0.05) is 18.9 Å². The third kappa shape index (κ3) is 1.90. The van der Waals surface area contributed by atoms with Crippen LogP contribution in [0.5, 0.6) is 0 Å². The standard InChI is InChI=1S/C10H9N3O3/c14-9(15)2-4-13-3-1-8-7(10(13)16)5-11-6-12-8/h1,3,5-6H,2,4H2,(H,14,15). The van der Waals surface area contributed by atoms with E-state index in [9.17, 15) is 9.59 Å². The van der Waals surface area contributed by atoms with Crippen molar-refractivity contribution >= 4 is 16.9 Å². The van der Waals surface area contributed by atoms with E-state index in [1.54, 1.807) is 12.3 Å². The molecule has 2 aromatic rings. The Balaban J connectivity index is 2.45. The van der Waals surface area contributed by atoms with Crippen molar-refractivity contribution in [3.05, 3.63) is 35.1 Å². The van der Waals surface area contributed by atoms with E-state index in [-0.39, 0.29) is 18.5 Å². The molecule has 0 amide bonds. The third-order valence-electron chi connectivity index (χ3n) is 2.21.